The zero-order chi connectivity index (χ0) is 14.8. The van der Waals surface area contributed by atoms with E-state index in [-0.39, 0.29) is 0 Å². The molecule has 0 bridgehead atoms. The van der Waals surface area contributed by atoms with Crippen molar-refractivity contribution in [1.82, 2.24) is 10.2 Å². The normalized spacial score (nSPS) is 21.0. The number of hydrogen-bond donors (Lipinski definition) is 1. The summed E-state index contributed by atoms with van der Waals surface area (Å²) in [5, 5.41) is 3.77. The van der Waals surface area contributed by atoms with Crippen molar-refractivity contribution in [3.05, 3.63) is 0 Å². The molecule has 0 aliphatic carbocycles. The van der Waals surface area contributed by atoms with Crippen LogP contribution in [0.15, 0.2) is 0 Å². The first-order valence-electron chi connectivity index (χ1n) is 8.74. The fourth-order valence-corrected chi connectivity index (χ4v) is 2.96. The maximum absolute atomic E-state index is 5.60. The second-order valence-corrected chi connectivity index (χ2v) is 6.48. The molecule has 0 aromatic carbocycles. The van der Waals surface area contributed by atoms with Crippen LogP contribution < -0.4 is 5.32 Å². The van der Waals surface area contributed by atoms with Crippen LogP contribution in [-0.4, -0.2) is 49.8 Å². The van der Waals surface area contributed by atoms with Crippen molar-refractivity contribution in [2.24, 2.45) is 5.92 Å². The lowest BCUT2D eigenvalue weighted by Crippen LogP contribution is -2.48. The van der Waals surface area contributed by atoms with Gasteiger partial charge in [0.25, 0.3) is 0 Å². The molecule has 3 nitrogen and oxygen atoms in total. The Morgan fingerprint density at radius 2 is 2.00 bits per heavy atom. The predicted octanol–water partition coefficient (Wildman–Crippen LogP) is 3.29. The smallest absolute Gasteiger partial charge is 0.0510 e. The van der Waals surface area contributed by atoms with Crippen LogP contribution in [0.1, 0.15) is 59.8 Å². The molecular formula is C17H36N2O. The van der Waals surface area contributed by atoms with Crippen LogP contribution in [0.25, 0.3) is 0 Å². The molecule has 1 rings (SSSR count). The summed E-state index contributed by atoms with van der Waals surface area (Å²) >= 11 is 0. The van der Waals surface area contributed by atoms with E-state index in [0.29, 0.717) is 18.0 Å². The third-order valence-corrected chi connectivity index (χ3v) is 4.40. The monoisotopic (exact) mass is 284 g/mol. The van der Waals surface area contributed by atoms with Crippen LogP contribution >= 0.6 is 0 Å². The first-order valence-corrected chi connectivity index (χ1v) is 8.74. The lowest BCUT2D eigenvalue weighted by molar-refractivity contribution is 0.146. The average molecular weight is 284 g/mol. The maximum atomic E-state index is 5.60. The van der Waals surface area contributed by atoms with E-state index in [2.05, 4.69) is 37.9 Å². The molecule has 0 radical (unpaired) electrons. The average Bonchev–Trinajstić information content (AvgIpc) is 2.95. The molecule has 1 saturated heterocycles. The van der Waals surface area contributed by atoms with Gasteiger partial charge < -0.3 is 10.1 Å². The number of unbranched alkanes of at least 4 members (excludes halogenated alkanes) is 2. The molecule has 0 amide bonds. The molecule has 1 aliphatic heterocycles. The molecular weight excluding hydrogens is 248 g/mol. The summed E-state index contributed by atoms with van der Waals surface area (Å²) in [6, 6.07) is 1.24. The van der Waals surface area contributed by atoms with Crippen LogP contribution in [0, 0.1) is 5.92 Å². The Kier molecular flexibility index (Phi) is 9.49. The summed E-state index contributed by atoms with van der Waals surface area (Å²) in [7, 11) is 0. The quantitative estimate of drug-likeness (QED) is 0.589. The third kappa shape index (κ3) is 6.55. The number of rotatable bonds is 11. The highest BCUT2D eigenvalue weighted by Crippen LogP contribution is 2.19. The standard InChI is InChI=1S/C17H36N2O/c1-5-7-8-11-19(15(3)4)13-17(18-10-6-2)16-9-12-20-14-16/h15-18H,5-14H2,1-4H3. The minimum Gasteiger partial charge on any atom is -0.381 e. The van der Waals surface area contributed by atoms with Gasteiger partial charge in [-0.1, -0.05) is 26.7 Å². The molecule has 1 heterocycles. The van der Waals surface area contributed by atoms with Crippen molar-refractivity contribution in [1.29, 1.82) is 0 Å². The highest BCUT2D eigenvalue weighted by atomic mass is 16.5. The molecule has 0 spiro atoms. The molecule has 1 aliphatic rings. The predicted molar refractivity (Wildman–Crippen MR) is 87.2 cm³/mol. The largest absolute Gasteiger partial charge is 0.381 e. The van der Waals surface area contributed by atoms with Gasteiger partial charge in [0.05, 0.1) is 6.61 Å². The first-order chi connectivity index (χ1) is 9.69. The second-order valence-electron chi connectivity index (χ2n) is 6.48. The van der Waals surface area contributed by atoms with E-state index < -0.39 is 0 Å². The number of nitrogens with one attached hydrogen (secondary N) is 1. The van der Waals surface area contributed by atoms with Crippen molar-refractivity contribution in [3.8, 4) is 0 Å². The lowest BCUT2D eigenvalue weighted by Gasteiger charge is -2.33. The van der Waals surface area contributed by atoms with Gasteiger partial charge in [0.1, 0.15) is 0 Å². The van der Waals surface area contributed by atoms with E-state index in [1.165, 1.54) is 45.2 Å². The van der Waals surface area contributed by atoms with Gasteiger partial charge in [-0.2, -0.15) is 0 Å². The Morgan fingerprint density at radius 1 is 1.20 bits per heavy atom. The van der Waals surface area contributed by atoms with Gasteiger partial charge in [0.2, 0.25) is 0 Å². The van der Waals surface area contributed by atoms with Gasteiger partial charge in [-0.15, -0.1) is 0 Å². The second kappa shape index (κ2) is 10.6. The van der Waals surface area contributed by atoms with Gasteiger partial charge in [0.15, 0.2) is 0 Å². The molecule has 2 unspecified atom stereocenters. The van der Waals surface area contributed by atoms with Gasteiger partial charge in [-0.25, -0.2) is 0 Å². The van der Waals surface area contributed by atoms with Crippen LogP contribution in [0.3, 0.4) is 0 Å². The number of hydrogen-bond acceptors (Lipinski definition) is 3. The van der Waals surface area contributed by atoms with E-state index in [0.717, 1.165) is 19.8 Å². The summed E-state index contributed by atoms with van der Waals surface area (Å²) in [6.45, 7) is 14.6. The molecule has 20 heavy (non-hydrogen) atoms. The first kappa shape index (κ1) is 17.9. The van der Waals surface area contributed by atoms with Gasteiger partial charge >= 0.3 is 0 Å². The van der Waals surface area contributed by atoms with Crippen LogP contribution in [0.2, 0.25) is 0 Å². The molecule has 3 heteroatoms. The zero-order valence-corrected chi connectivity index (χ0v) is 14.2. The molecule has 120 valence electrons. The fraction of sp³-hybridized carbons (Fsp3) is 1.00. The van der Waals surface area contributed by atoms with Crippen LogP contribution in [0.4, 0.5) is 0 Å². The zero-order valence-electron chi connectivity index (χ0n) is 14.2. The minimum absolute atomic E-state index is 0.599. The Hall–Kier alpha value is -0.120. The van der Waals surface area contributed by atoms with E-state index >= 15 is 0 Å². The molecule has 1 N–H and O–H groups in total. The van der Waals surface area contributed by atoms with Crippen molar-refractivity contribution in [3.63, 3.8) is 0 Å². The topological polar surface area (TPSA) is 24.5 Å². The summed E-state index contributed by atoms with van der Waals surface area (Å²) in [4.78, 5) is 2.65. The third-order valence-electron chi connectivity index (χ3n) is 4.40. The van der Waals surface area contributed by atoms with E-state index in [9.17, 15) is 0 Å². The highest BCUT2D eigenvalue weighted by molar-refractivity contribution is 4.83. The summed E-state index contributed by atoms with van der Waals surface area (Å²) in [5.41, 5.74) is 0. The minimum atomic E-state index is 0.599. The molecule has 1 fully saturated rings. The van der Waals surface area contributed by atoms with Gasteiger partial charge in [0, 0.05) is 31.2 Å². The van der Waals surface area contributed by atoms with E-state index in [1.54, 1.807) is 0 Å². The highest BCUT2D eigenvalue weighted by Gasteiger charge is 2.27. The van der Waals surface area contributed by atoms with Gasteiger partial charge in [-0.05, 0) is 46.2 Å². The van der Waals surface area contributed by atoms with E-state index in [4.69, 9.17) is 4.74 Å². The molecule has 0 saturated carbocycles. The lowest BCUT2D eigenvalue weighted by atomic mass is 9.97. The Balaban J connectivity index is 2.48. The Labute approximate surface area is 126 Å². The summed E-state index contributed by atoms with van der Waals surface area (Å²) < 4.78 is 5.60. The SMILES string of the molecule is CCCCCN(CC(NCCC)C1CCOC1)C(C)C. The van der Waals surface area contributed by atoms with Crippen molar-refractivity contribution < 1.29 is 4.74 Å². The van der Waals surface area contributed by atoms with Crippen molar-refractivity contribution >= 4 is 0 Å². The number of ether oxygens (including phenoxy) is 1. The van der Waals surface area contributed by atoms with E-state index in [1.807, 2.05) is 0 Å². The molecule has 2 atom stereocenters. The molecule has 0 aromatic rings. The Bertz CT molecular complexity index is 227. The van der Waals surface area contributed by atoms with Crippen molar-refractivity contribution in [2.45, 2.75) is 71.9 Å². The van der Waals surface area contributed by atoms with Crippen LogP contribution in [0.5, 0.6) is 0 Å². The Morgan fingerprint density at radius 3 is 2.55 bits per heavy atom. The van der Waals surface area contributed by atoms with Crippen LogP contribution in [-0.2, 0) is 4.74 Å². The summed E-state index contributed by atoms with van der Waals surface area (Å²) in [6.07, 6.45) is 6.42. The van der Waals surface area contributed by atoms with Gasteiger partial charge in [-0.3, -0.25) is 4.90 Å². The molecule has 0 aromatic heterocycles. The summed E-state index contributed by atoms with van der Waals surface area (Å²) in [5.74, 6) is 0.703. The van der Waals surface area contributed by atoms with Crippen molar-refractivity contribution in [2.75, 3.05) is 32.8 Å². The fourth-order valence-electron chi connectivity index (χ4n) is 2.96. The number of nitrogens with zero attached hydrogens (tertiary/aromatic N) is 1. The maximum Gasteiger partial charge on any atom is 0.0510 e.